The summed E-state index contributed by atoms with van der Waals surface area (Å²) >= 11 is 0. The van der Waals surface area contributed by atoms with Gasteiger partial charge in [-0.25, -0.2) is 0 Å². The Morgan fingerprint density at radius 1 is 1.59 bits per heavy atom. The normalized spacial score (nSPS) is 12.9. The summed E-state index contributed by atoms with van der Waals surface area (Å²) in [5.41, 5.74) is 6.74. The van der Waals surface area contributed by atoms with Crippen LogP contribution in [-0.4, -0.2) is 21.1 Å². The van der Waals surface area contributed by atoms with Crippen LogP contribution >= 0.6 is 0 Å². The average molecular weight is 235 g/mol. The van der Waals surface area contributed by atoms with Crippen LogP contribution in [0.1, 0.15) is 11.7 Å². The molecule has 3 N–H and O–H groups in total. The van der Waals surface area contributed by atoms with Crippen molar-refractivity contribution < 1.29 is 10.0 Å². The van der Waals surface area contributed by atoms with E-state index in [-0.39, 0.29) is 12.2 Å². The Morgan fingerprint density at radius 2 is 2.29 bits per heavy atom. The lowest BCUT2D eigenvalue weighted by Crippen LogP contribution is -2.11. The van der Waals surface area contributed by atoms with Crippen molar-refractivity contribution in [1.29, 1.82) is 0 Å². The Morgan fingerprint density at radius 3 is 2.88 bits per heavy atom. The summed E-state index contributed by atoms with van der Waals surface area (Å²) in [5, 5.41) is 21.0. The van der Waals surface area contributed by atoms with Crippen molar-refractivity contribution >= 4 is 16.6 Å². The fraction of sp³-hybridized carbons (Fsp3) is 0.273. The van der Waals surface area contributed by atoms with Crippen molar-refractivity contribution in [3.05, 3.63) is 40.1 Å². The maximum atomic E-state index is 10.9. The fourth-order valence-electron chi connectivity index (χ4n) is 1.88. The van der Waals surface area contributed by atoms with Gasteiger partial charge in [0, 0.05) is 13.6 Å². The van der Waals surface area contributed by atoms with E-state index in [0.29, 0.717) is 10.9 Å². The van der Waals surface area contributed by atoms with Crippen LogP contribution in [0.15, 0.2) is 24.4 Å². The van der Waals surface area contributed by atoms with Gasteiger partial charge in [0.1, 0.15) is 0 Å². The maximum Gasteiger partial charge on any atom is 0.294 e. The van der Waals surface area contributed by atoms with Crippen molar-refractivity contribution in [2.75, 3.05) is 6.54 Å². The lowest BCUT2D eigenvalue weighted by molar-refractivity contribution is -0.383. The van der Waals surface area contributed by atoms with Crippen LogP contribution in [0, 0.1) is 10.1 Å². The molecule has 0 aliphatic rings. The van der Waals surface area contributed by atoms with E-state index in [4.69, 9.17) is 5.73 Å². The Kier molecular flexibility index (Phi) is 2.83. The average Bonchev–Trinajstić information content (AvgIpc) is 2.65. The minimum absolute atomic E-state index is 0.0357. The monoisotopic (exact) mass is 235 g/mol. The summed E-state index contributed by atoms with van der Waals surface area (Å²) in [5.74, 6) is 0. The lowest BCUT2D eigenvalue weighted by Gasteiger charge is -2.07. The zero-order valence-corrected chi connectivity index (χ0v) is 9.33. The van der Waals surface area contributed by atoms with Crippen molar-refractivity contribution in [1.82, 2.24) is 4.57 Å². The van der Waals surface area contributed by atoms with Crippen LogP contribution in [0.3, 0.4) is 0 Å². The zero-order valence-electron chi connectivity index (χ0n) is 9.33. The number of rotatable bonds is 3. The number of benzene rings is 1. The highest BCUT2D eigenvalue weighted by Gasteiger charge is 2.17. The van der Waals surface area contributed by atoms with Crippen molar-refractivity contribution in [2.45, 2.75) is 6.10 Å². The summed E-state index contributed by atoms with van der Waals surface area (Å²) in [7, 11) is 1.74. The molecule has 0 amide bonds. The van der Waals surface area contributed by atoms with Crippen LogP contribution in [0.5, 0.6) is 0 Å². The molecule has 0 saturated heterocycles. The quantitative estimate of drug-likeness (QED) is 0.614. The summed E-state index contributed by atoms with van der Waals surface area (Å²) in [6.45, 7) is 0.0894. The molecular formula is C11H13N3O3. The van der Waals surface area contributed by atoms with Gasteiger partial charge in [-0.2, -0.15) is 0 Å². The van der Waals surface area contributed by atoms with Gasteiger partial charge in [0.05, 0.1) is 28.1 Å². The predicted molar refractivity (Wildman–Crippen MR) is 63.6 cm³/mol. The number of fused-ring (bicyclic) bond motifs is 1. The van der Waals surface area contributed by atoms with Crippen LogP contribution in [-0.2, 0) is 7.05 Å². The second kappa shape index (κ2) is 4.15. The minimum Gasteiger partial charge on any atom is -0.387 e. The molecule has 90 valence electrons. The summed E-state index contributed by atoms with van der Waals surface area (Å²) < 4.78 is 1.69. The fourth-order valence-corrected chi connectivity index (χ4v) is 1.88. The van der Waals surface area contributed by atoms with E-state index in [2.05, 4.69) is 0 Å². The molecule has 0 saturated carbocycles. The molecule has 0 spiro atoms. The molecule has 17 heavy (non-hydrogen) atoms. The molecule has 1 atom stereocenters. The van der Waals surface area contributed by atoms with Gasteiger partial charge in [0.25, 0.3) is 5.69 Å². The van der Waals surface area contributed by atoms with E-state index in [9.17, 15) is 15.2 Å². The highest BCUT2D eigenvalue weighted by atomic mass is 16.6. The first-order chi connectivity index (χ1) is 8.04. The molecule has 1 unspecified atom stereocenters. The minimum atomic E-state index is -0.792. The first-order valence-electron chi connectivity index (χ1n) is 5.16. The number of nitrogens with zero attached hydrogens (tertiary/aromatic N) is 2. The van der Waals surface area contributed by atoms with Gasteiger partial charge in [-0.1, -0.05) is 6.07 Å². The van der Waals surface area contributed by atoms with E-state index in [1.807, 2.05) is 0 Å². The summed E-state index contributed by atoms with van der Waals surface area (Å²) in [6, 6.07) is 5.09. The Hall–Kier alpha value is -1.92. The van der Waals surface area contributed by atoms with Gasteiger partial charge < -0.3 is 15.4 Å². The lowest BCUT2D eigenvalue weighted by atomic mass is 10.1. The van der Waals surface area contributed by atoms with Crippen LogP contribution in [0.2, 0.25) is 0 Å². The van der Waals surface area contributed by atoms with Gasteiger partial charge in [-0.15, -0.1) is 0 Å². The molecule has 2 aromatic rings. The van der Waals surface area contributed by atoms with Gasteiger partial charge in [-0.3, -0.25) is 10.1 Å². The molecule has 2 rings (SSSR count). The van der Waals surface area contributed by atoms with Gasteiger partial charge >= 0.3 is 0 Å². The van der Waals surface area contributed by atoms with Crippen molar-refractivity contribution in [3.8, 4) is 0 Å². The molecule has 0 radical (unpaired) electrons. The number of nitro groups is 1. The first kappa shape index (κ1) is 11.6. The number of aryl methyl sites for hydroxylation is 1. The number of hydrogen-bond donors (Lipinski definition) is 2. The Labute approximate surface area is 97.4 Å². The highest BCUT2D eigenvalue weighted by Crippen LogP contribution is 2.29. The van der Waals surface area contributed by atoms with E-state index in [0.717, 1.165) is 5.52 Å². The molecule has 0 fully saturated rings. The van der Waals surface area contributed by atoms with E-state index < -0.39 is 11.0 Å². The summed E-state index contributed by atoms with van der Waals surface area (Å²) in [6.07, 6.45) is 0.669. The smallest absolute Gasteiger partial charge is 0.294 e. The number of aliphatic hydroxyl groups is 1. The van der Waals surface area contributed by atoms with Crippen molar-refractivity contribution in [3.63, 3.8) is 0 Å². The van der Waals surface area contributed by atoms with Gasteiger partial charge in [0.15, 0.2) is 0 Å². The first-order valence-corrected chi connectivity index (χ1v) is 5.16. The van der Waals surface area contributed by atoms with E-state index in [1.165, 1.54) is 6.20 Å². The van der Waals surface area contributed by atoms with Gasteiger partial charge in [-0.05, 0) is 17.7 Å². The third-order valence-corrected chi connectivity index (χ3v) is 2.80. The topological polar surface area (TPSA) is 94.3 Å². The highest BCUT2D eigenvalue weighted by molar-refractivity contribution is 5.90. The van der Waals surface area contributed by atoms with Crippen molar-refractivity contribution in [2.24, 2.45) is 12.8 Å². The largest absolute Gasteiger partial charge is 0.387 e. The molecule has 1 aromatic carbocycles. The third-order valence-electron chi connectivity index (χ3n) is 2.80. The summed E-state index contributed by atoms with van der Waals surface area (Å²) in [4.78, 5) is 10.5. The molecule has 1 aromatic heterocycles. The second-order valence-electron chi connectivity index (χ2n) is 3.91. The maximum absolute atomic E-state index is 10.9. The molecule has 6 nitrogen and oxygen atoms in total. The van der Waals surface area contributed by atoms with E-state index >= 15 is 0 Å². The number of nitrogens with two attached hydrogens (primary N) is 1. The molecule has 0 bridgehead atoms. The third kappa shape index (κ3) is 1.88. The number of hydrogen-bond acceptors (Lipinski definition) is 4. The van der Waals surface area contributed by atoms with E-state index in [1.54, 1.807) is 29.8 Å². The zero-order chi connectivity index (χ0) is 12.6. The predicted octanol–water partition coefficient (Wildman–Crippen LogP) is 1.08. The number of aliphatic hydroxyl groups excluding tert-OH is 1. The molecule has 1 heterocycles. The van der Waals surface area contributed by atoms with Gasteiger partial charge in [0.2, 0.25) is 0 Å². The van der Waals surface area contributed by atoms with Crippen LogP contribution in [0.25, 0.3) is 10.9 Å². The Bertz CT molecular complexity index is 577. The molecular weight excluding hydrogens is 222 g/mol. The molecule has 6 heteroatoms. The second-order valence-corrected chi connectivity index (χ2v) is 3.91. The van der Waals surface area contributed by atoms with Crippen LogP contribution in [0.4, 0.5) is 5.69 Å². The molecule has 0 aliphatic carbocycles. The Balaban J connectivity index is 2.66. The SMILES string of the molecule is Cn1cc([N+](=O)[O-])c2cc(C(O)CN)ccc21. The number of aromatic nitrogens is 1. The van der Waals surface area contributed by atoms with Crippen LogP contribution < -0.4 is 5.73 Å². The molecule has 0 aliphatic heterocycles. The standard InChI is InChI=1S/C11H13N3O3/c1-13-6-10(14(16)17)8-4-7(11(15)5-12)2-3-9(8)13/h2-4,6,11,15H,5,12H2,1H3.